The molecule has 1 saturated heterocycles. The second-order valence-electron chi connectivity index (χ2n) is 7.07. The van der Waals surface area contributed by atoms with E-state index in [1.54, 1.807) is 6.20 Å². The molecule has 6 nitrogen and oxygen atoms in total. The van der Waals surface area contributed by atoms with Crippen molar-refractivity contribution in [3.63, 3.8) is 0 Å². The molecule has 1 aliphatic rings. The number of rotatable bonds is 8. The molecule has 2 aromatic rings. The van der Waals surface area contributed by atoms with Crippen molar-refractivity contribution in [2.24, 2.45) is 5.92 Å². The molecule has 0 spiro atoms. The third-order valence-electron chi connectivity index (χ3n) is 5.29. The zero-order valence-corrected chi connectivity index (χ0v) is 16.3. The summed E-state index contributed by atoms with van der Waals surface area (Å²) >= 11 is 0. The second-order valence-corrected chi connectivity index (χ2v) is 7.07. The number of carbonyl (C=O) groups excluding carboxylic acids is 1. The van der Waals surface area contributed by atoms with Gasteiger partial charge in [0.2, 0.25) is 5.91 Å². The van der Waals surface area contributed by atoms with Crippen molar-refractivity contribution in [1.82, 2.24) is 14.7 Å². The Balaban J connectivity index is 1.67. The van der Waals surface area contributed by atoms with Gasteiger partial charge in [-0.15, -0.1) is 0 Å². The van der Waals surface area contributed by atoms with E-state index in [9.17, 15) is 4.79 Å². The largest absolute Gasteiger partial charge is 0.379 e. The van der Waals surface area contributed by atoms with Crippen LogP contribution in [0.4, 0.5) is 5.69 Å². The number of anilines is 1. The van der Waals surface area contributed by atoms with Gasteiger partial charge in [0.1, 0.15) is 0 Å². The lowest BCUT2D eigenvalue weighted by atomic mass is 9.91. The van der Waals surface area contributed by atoms with Crippen molar-refractivity contribution in [2.45, 2.75) is 39.3 Å². The van der Waals surface area contributed by atoms with Crippen molar-refractivity contribution < 1.29 is 9.53 Å². The Morgan fingerprint density at radius 1 is 1.19 bits per heavy atom. The highest BCUT2D eigenvalue weighted by molar-refractivity contribution is 5.94. The molecule has 1 aliphatic heterocycles. The molecular formula is C21H30N4O2. The Morgan fingerprint density at radius 2 is 1.89 bits per heavy atom. The Morgan fingerprint density at radius 3 is 2.56 bits per heavy atom. The van der Waals surface area contributed by atoms with E-state index < -0.39 is 0 Å². The van der Waals surface area contributed by atoms with Crippen molar-refractivity contribution in [3.8, 4) is 0 Å². The number of amides is 1. The van der Waals surface area contributed by atoms with Gasteiger partial charge in [0, 0.05) is 19.3 Å². The molecule has 0 bridgehead atoms. The van der Waals surface area contributed by atoms with Crippen LogP contribution in [0.2, 0.25) is 0 Å². The monoisotopic (exact) mass is 370 g/mol. The van der Waals surface area contributed by atoms with Crippen LogP contribution in [0, 0.1) is 5.92 Å². The van der Waals surface area contributed by atoms with Crippen molar-refractivity contribution in [1.29, 1.82) is 0 Å². The van der Waals surface area contributed by atoms with Gasteiger partial charge < -0.3 is 10.1 Å². The van der Waals surface area contributed by atoms with Crippen LogP contribution in [0.3, 0.4) is 0 Å². The maximum atomic E-state index is 13.1. The average molecular weight is 370 g/mol. The molecule has 1 amide bonds. The van der Waals surface area contributed by atoms with Crippen LogP contribution in [-0.4, -0.2) is 52.9 Å². The zero-order valence-electron chi connectivity index (χ0n) is 16.3. The molecule has 1 atom stereocenters. The minimum absolute atomic E-state index is 0.0601. The number of nitrogens with zero attached hydrogens (tertiary/aromatic N) is 3. The fourth-order valence-corrected chi connectivity index (χ4v) is 3.77. The standard InChI is InChI=1S/C21H30N4O2/c1-3-18(4-2)20(24-10-12-27-13-11-24)21(26)23-19-14-22-25(16-19)15-17-8-6-5-7-9-17/h5-9,14,16,18,20H,3-4,10-13,15H2,1-2H3,(H,23,26)/t20-/m0/s1. The van der Waals surface area contributed by atoms with Gasteiger partial charge in [0.15, 0.2) is 0 Å². The number of nitrogens with one attached hydrogen (secondary N) is 1. The highest BCUT2D eigenvalue weighted by atomic mass is 16.5. The Labute approximate surface area is 161 Å². The van der Waals surface area contributed by atoms with Gasteiger partial charge in [-0.2, -0.15) is 5.10 Å². The summed E-state index contributed by atoms with van der Waals surface area (Å²) in [5.74, 6) is 0.396. The zero-order chi connectivity index (χ0) is 19.1. The minimum atomic E-state index is -0.124. The minimum Gasteiger partial charge on any atom is -0.379 e. The maximum absolute atomic E-state index is 13.1. The number of hydrogen-bond donors (Lipinski definition) is 1. The van der Waals surface area contributed by atoms with Crippen LogP contribution in [0.5, 0.6) is 0 Å². The average Bonchev–Trinajstić information content (AvgIpc) is 3.14. The molecule has 1 aromatic carbocycles. The molecule has 1 N–H and O–H groups in total. The highest BCUT2D eigenvalue weighted by Crippen LogP contribution is 2.22. The fourth-order valence-electron chi connectivity index (χ4n) is 3.77. The molecule has 0 unspecified atom stereocenters. The molecule has 3 rings (SSSR count). The first-order valence-corrected chi connectivity index (χ1v) is 9.90. The molecular weight excluding hydrogens is 340 g/mol. The van der Waals surface area contributed by atoms with Gasteiger partial charge in [-0.05, 0) is 11.5 Å². The van der Waals surface area contributed by atoms with Gasteiger partial charge in [0.05, 0.1) is 37.7 Å². The Hall–Kier alpha value is -2.18. The molecule has 1 fully saturated rings. The molecule has 0 radical (unpaired) electrons. The van der Waals surface area contributed by atoms with Crippen LogP contribution >= 0.6 is 0 Å². The van der Waals surface area contributed by atoms with E-state index in [1.807, 2.05) is 29.1 Å². The summed E-state index contributed by atoms with van der Waals surface area (Å²) in [6.07, 6.45) is 5.59. The summed E-state index contributed by atoms with van der Waals surface area (Å²) in [6, 6.07) is 10.1. The number of hydrogen-bond acceptors (Lipinski definition) is 4. The van der Waals surface area contributed by atoms with Gasteiger partial charge in [0.25, 0.3) is 0 Å². The molecule has 1 aromatic heterocycles. The number of aromatic nitrogens is 2. The maximum Gasteiger partial charge on any atom is 0.242 e. The number of carbonyl (C=O) groups is 1. The molecule has 27 heavy (non-hydrogen) atoms. The van der Waals surface area contributed by atoms with E-state index in [1.165, 1.54) is 5.56 Å². The summed E-state index contributed by atoms with van der Waals surface area (Å²) in [6.45, 7) is 8.01. The molecule has 146 valence electrons. The van der Waals surface area contributed by atoms with Crippen LogP contribution in [0.1, 0.15) is 32.3 Å². The lowest BCUT2D eigenvalue weighted by Crippen LogP contribution is -2.52. The van der Waals surface area contributed by atoms with Gasteiger partial charge in [-0.25, -0.2) is 0 Å². The van der Waals surface area contributed by atoms with Crippen LogP contribution < -0.4 is 5.32 Å². The van der Waals surface area contributed by atoms with E-state index in [-0.39, 0.29) is 11.9 Å². The van der Waals surface area contributed by atoms with Crippen LogP contribution in [0.25, 0.3) is 0 Å². The van der Waals surface area contributed by atoms with E-state index in [4.69, 9.17) is 4.74 Å². The van der Waals surface area contributed by atoms with Gasteiger partial charge in [-0.3, -0.25) is 14.4 Å². The Kier molecular flexibility index (Phi) is 7.01. The highest BCUT2D eigenvalue weighted by Gasteiger charge is 2.33. The van der Waals surface area contributed by atoms with Crippen molar-refractivity contribution >= 4 is 11.6 Å². The third kappa shape index (κ3) is 5.17. The van der Waals surface area contributed by atoms with Crippen molar-refractivity contribution in [3.05, 3.63) is 48.3 Å². The summed E-state index contributed by atoms with van der Waals surface area (Å²) < 4.78 is 7.32. The summed E-state index contributed by atoms with van der Waals surface area (Å²) in [5, 5.41) is 7.48. The molecule has 0 aliphatic carbocycles. The first-order chi connectivity index (χ1) is 13.2. The molecule has 2 heterocycles. The SMILES string of the molecule is CCC(CC)[C@@H](C(=O)Nc1cnn(Cc2ccccc2)c1)N1CCOCC1. The first-order valence-electron chi connectivity index (χ1n) is 9.90. The van der Waals surface area contributed by atoms with Crippen molar-refractivity contribution in [2.75, 3.05) is 31.6 Å². The van der Waals surface area contributed by atoms with E-state index in [0.29, 0.717) is 25.7 Å². The fraction of sp³-hybridized carbons (Fsp3) is 0.524. The number of ether oxygens (including phenoxy) is 1. The number of benzene rings is 1. The van der Waals surface area contributed by atoms with E-state index in [2.05, 4.69) is 41.3 Å². The molecule has 0 saturated carbocycles. The van der Waals surface area contributed by atoms with E-state index in [0.717, 1.165) is 31.6 Å². The first kappa shape index (κ1) is 19.6. The number of morpholine rings is 1. The predicted octanol–water partition coefficient (Wildman–Crippen LogP) is 3.01. The smallest absolute Gasteiger partial charge is 0.242 e. The summed E-state index contributed by atoms with van der Waals surface area (Å²) in [4.78, 5) is 15.4. The van der Waals surface area contributed by atoms with Crippen LogP contribution in [0.15, 0.2) is 42.7 Å². The lowest BCUT2D eigenvalue weighted by Gasteiger charge is -2.37. The predicted molar refractivity (Wildman–Crippen MR) is 107 cm³/mol. The topological polar surface area (TPSA) is 59.4 Å². The quantitative estimate of drug-likeness (QED) is 0.776. The summed E-state index contributed by atoms with van der Waals surface area (Å²) in [7, 11) is 0. The van der Waals surface area contributed by atoms with Crippen LogP contribution in [-0.2, 0) is 16.1 Å². The molecule has 6 heteroatoms. The Bertz CT molecular complexity index is 706. The second kappa shape index (κ2) is 9.67. The lowest BCUT2D eigenvalue weighted by molar-refractivity contribution is -0.125. The normalized spacial score (nSPS) is 16.4. The van der Waals surface area contributed by atoms with E-state index >= 15 is 0 Å². The summed E-state index contributed by atoms with van der Waals surface area (Å²) in [5.41, 5.74) is 1.93. The third-order valence-corrected chi connectivity index (χ3v) is 5.29. The van der Waals surface area contributed by atoms with Gasteiger partial charge in [-0.1, -0.05) is 57.0 Å². The van der Waals surface area contributed by atoms with Gasteiger partial charge >= 0.3 is 0 Å².